The minimum Gasteiger partial charge on any atom is -0.497 e. The van der Waals surface area contributed by atoms with Crippen LogP contribution in [0.5, 0.6) is 5.75 Å². The molecule has 2 aromatic rings. The third kappa shape index (κ3) is 3.41. The number of benzene rings is 2. The van der Waals surface area contributed by atoms with Gasteiger partial charge in [0.15, 0.2) is 0 Å². The topological polar surface area (TPSA) is 64.6 Å². The number of carbonyl (C=O) groups is 2. The molecule has 2 aliphatic rings. The lowest BCUT2D eigenvalue weighted by Crippen LogP contribution is -2.50. The molecule has 0 spiro atoms. The number of ether oxygens (including phenoxy) is 2. The second-order valence-electron chi connectivity index (χ2n) is 7.54. The summed E-state index contributed by atoms with van der Waals surface area (Å²) in [5.41, 5.74) is 2.62. The highest BCUT2D eigenvalue weighted by Gasteiger charge is 2.54. The van der Waals surface area contributed by atoms with Crippen molar-refractivity contribution in [3.63, 3.8) is 0 Å². The van der Waals surface area contributed by atoms with Crippen molar-refractivity contribution in [1.29, 1.82) is 0 Å². The third-order valence-corrected chi connectivity index (χ3v) is 5.90. The van der Waals surface area contributed by atoms with Crippen LogP contribution in [0.2, 0.25) is 0 Å². The minimum atomic E-state index is -0.962. The first-order valence-electron chi connectivity index (χ1n) is 10.2. The quantitative estimate of drug-likeness (QED) is 0.760. The van der Waals surface area contributed by atoms with Crippen LogP contribution in [0.1, 0.15) is 36.8 Å². The van der Waals surface area contributed by atoms with E-state index in [0.717, 1.165) is 22.4 Å². The maximum absolute atomic E-state index is 13.3. The van der Waals surface area contributed by atoms with Gasteiger partial charge in [0.2, 0.25) is 5.91 Å². The monoisotopic (exact) mass is 403 g/mol. The van der Waals surface area contributed by atoms with Gasteiger partial charge in [0.1, 0.15) is 11.2 Å². The maximum Gasteiger partial charge on any atom is 0.319 e. The summed E-state index contributed by atoms with van der Waals surface area (Å²) >= 11 is 0. The zero-order valence-electron chi connectivity index (χ0n) is 17.2. The lowest BCUT2D eigenvalue weighted by molar-refractivity contribution is -0.156. The van der Waals surface area contributed by atoms with Gasteiger partial charge in [-0.25, -0.2) is 0 Å². The highest BCUT2D eigenvalue weighted by atomic mass is 16.5. The van der Waals surface area contributed by atoms with Crippen LogP contribution in [-0.4, -0.2) is 25.6 Å². The Morgan fingerprint density at radius 2 is 1.87 bits per heavy atom. The van der Waals surface area contributed by atoms with E-state index in [1.54, 1.807) is 14.0 Å². The highest BCUT2D eigenvalue weighted by Crippen LogP contribution is 2.53. The Hall–Kier alpha value is -3.34. The fourth-order valence-electron chi connectivity index (χ4n) is 4.38. The smallest absolute Gasteiger partial charge is 0.319 e. The molecule has 30 heavy (non-hydrogen) atoms. The summed E-state index contributed by atoms with van der Waals surface area (Å²) in [6.07, 6.45) is 4.72. The van der Waals surface area contributed by atoms with Crippen molar-refractivity contribution in [2.45, 2.75) is 25.7 Å². The van der Waals surface area contributed by atoms with Gasteiger partial charge in [0, 0.05) is 18.0 Å². The molecule has 2 atom stereocenters. The van der Waals surface area contributed by atoms with E-state index in [4.69, 9.17) is 9.47 Å². The normalized spacial score (nSPS) is 22.9. The molecule has 0 saturated carbocycles. The molecule has 1 saturated heterocycles. The first kappa shape index (κ1) is 20.0. The summed E-state index contributed by atoms with van der Waals surface area (Å²) in [5.74, 6) is 0.0855. The molecule has 2 unspecified atom stereocenters. The molecule has 0 aromatic heterocycles. The summed E-state index contributed by atoms with van der Waals surface area (Å²) in [7, 11) is 1.63. The van der Waals surface area contributed by atoms with Crippen LogP contribution in [0.25, 0.3) is 5.57 Å². The molecule has 1 aliphatic carbocycles. The average molecular weight is 403 g/mol. The Kier molecular flexibility index (Phi) is 5.44. The third-order valence-electron chi connectivity index (χ3n) is 5.90. The van der Waals surface area contributed by atoms with Gasteiger partial charge in [-0.1, -0.05) is 48.5 Å². The van der Waals surface area contributed by atoms with Gasteiger partial charge in [-0.15, -0.1) is 0 Å². The highest BCUT2D eigenvalue weighted by molar-refractivity contribution is 5.93. The number of esters is 1. The number of amides is 1. The SMILES string of the molecule is CCOC(=O)C12CCC(=O)NC1=CC(c1ccccc1)=CC2c1ccc(OC)cc1. The van der Waals surface area contributed by atoms with Crippen molar-refractivity contribution in [3.05, 3.63) is 83.6 Å². The van der Waals surface area contributed by atoms with Gasteiger partial charge in [-0.05, 0) is 48.3 Å². The zero-order valence-corrected chi connectivity index (χ0v) is 17.2. The number of hydrogen-bond acceptors (Lipinski definition) is 4. The van der Waals surface area contributed by atoms with E-state index in [9.17, 15) is 9.59 Å². The molecule has 1 aliphatic heterocycles. The molecule has 0 bridgehead atoms. The molecule has 1 heterocycles. The standard InChI is InChI=1S/C25H25NO4/c1-3-30-24(28)25-14-13-23(27)26-22(25)16-19(17-7-5-4-6-8-17)15-21(25)18-9-11-20(29-2)12-10-18/h4-12,15-16,21H,3,13-14H2,1-2H3,(H,26,27). The van der Waals surface area contributed by atoms with Gasteiger partial charge in [0.05, 0.1) is 13.7 Å². The minimum absolute atomic E-state index is 0.0797. The Morgan fingerprint density at radius 3 is 2.53 bits per heavy atom. The van der Waals surface area contributed by atoms with E-state index in [-0.39, 0.29) is 30.8 Å². The van der Waals surface area contributed by atoms with E-state index in [1.165, 1.54) is 0 Å². The van der Waals surface area contributed by atoms with Gasteiger partial charge in [0.25, 0.3) is 0 Å². The fourth-order valence-corrected chi connectivity index (χ4v) is 4.38. The summed E-state index contributed by atoms with van der Waals surface area (Å²) in [6.45, 7) is 2.09. The van der Waals surface area contributed by atoms with Gasteiger partial charge in [-0.3, -0.25) is 9.59 Å². The van der Waals surface area contributed by atoms with E-state index < -0.39 is 5.41 Å². The van der Waals surface area contributed by atoms with Crippen molar-refractivity contribution in [3.8, 4) is 5.75 Å². The van der Waals surface area contributed by atoms with Gasteiger partial charge >= 0.3 is 5.97 Å². The van der Waals surface area contributed by atoms with Crippen LogP contribution in [0, 0.1) is 5.41 Å². The van der Waals surface area contributed by atoms with Crippen LogP contribution in [-0.2, 0) is 14.3 Å². The number of piperidine rings is 1. The number of allylic oxidation sites excluding steroid dienone is 3. The predicted octanol–water partition coefficient (Wildman–Crippen LogP) is 4.22. The molecule has 154 valence electrons. The number of methoxy groups -OCH3 is 1. The second-order valence-corrected chi connectivity index (χ2v) is 7.54. The van der Waals surface area contributed by atoms with Gasteiger partial charge in [-0.2, -0.15) is 0 Å². The molecule has 5 heteroatoms. The molecular formula is C25H25NO4. The average Bonchev–Trinajstić information content (AvgIpc) is 2.79. The summed E-state index contributed by atoms with van der Waals surface area (Å²) in [4.78, 5) is 25.6. The number of nitrogens with one attached hydrogen (secondary N) is 1. The van der Waals surface area contributed by atoms with Crippen LogP contribution in [0.4, 0.5) is 0 Å². The maximum atomic E-state index is 13.3. The van der Waals surface area contributed by atoms with Crippen LogP contribution in [0.3, 0.4) is 0 Å². The Morgan fingerprint density at radius 1 is 1.13 bits per heavy atom. The molecular weight excluding hydrogens is 378 g/mol. The first-order valence-corrected chi connectivity index (χ1v) is 10.2. The fraction of sp³-hybridized carbons (Fsp3) is 0.280. The molecule has 5 nitrogen and oxygen atoms in total. The second kappa shape index (κ2) is 8.19. The van der Waals surface area contributed by atoms with Crippen LogP contribution < -0.4 is 10.1 Å². The van der Waals surface area contributed by atoms with Crippen molar-refractivity contribution in [2.75, 3.05) is 13.7 Å². The van der Waals surface area contributed by atoms with E-state index in [1.807, 2.05) is 60.7 Å². The van der Waals surface area contributed by atoms with Crippen LogP contribution in [0.15, 0.2) is 72.4 Å². The molecule has 1 amide bonds. The van der Waals surface area contributed by atoms with Crippen molar-refractivity contribution in [1.82, 2.24) is 5.32 Å². The first-order chi connectivity index (χ1) is 14.6. The van der Waals surface area contributed by atoms with E-state index in [0.29, 0.717) is 12.1 Å². The molecule has 1 fully saturated rings. The number of hydrogen-bond donors (Lipinski definition) is 1. The molecule has 2 aromatic carbocycles. The predicted molar refractivity (Wildman–Crippen MR) is 115 cm³/mol. The molecule has 1 N–H and O–H groups in total. The van der Waals surface area contributed by atoms with Gasteiger partial charge < -0.3 is 14.8 Å². The number of fused-ring (bicyclic) bond motifs is 1. The lowest BCUT2D eigenvalue weighted by Gasteiger charge is -2.44. The zero-order chi connectivity index (χ0) is 21.1. The Balaban J connectivity index is 1.90. The van der Waals surface area contributed by atoms with Crippen molar-refractivity contribution in [2.24, 2.45) is 5.41 Å². The summed E-state index contributed by atoms with van der Waals surface area (Å²) < 4.78 is 10.8. The van der Waals surface area contributed by atoms with Crippen molar-refractivity contribution >= 4 is 17.4 Å². The lowest BCUT2D eigenvalue weighted by atomic mass is 9.62. The van der Waals surface area contributed by atoms with E-state index >= 15 is 0 Å². The van der Waals surface area contributed by atoms with Crippen molar-refractivity contribution < 1.29 is 19.1 Å². The van der Waals surface area contributed by atoms with E-state index in [2.05, 4.69) is 11.4 Å². The van der Waals surface area contributed by atoms with Crippen LogP contribution >= 0.6 is 0 Å². The Bertz CT molecular complexity index is 1010. The summed E-state index contributed by atoms with van der Waals surface area (Å²) in [5, 5.41) is 2.98. The Labute approximate surface area is 176 Å². The largest absolute Gasteiger partial charge is 0.497 e. The molecule has 0 radical (unpaired) electrons. The number of carbonyl (C=O) groups excluding carboxylic acids is 2. The number of rotatable bonds is 5. The summed E-state index contributed by atoms with van der Waals surface area (Å²) in [6, 6.07) is 17.7. The molecule has 4 rings (SSSR count).